The van der Waals surface area contributed by atoms with Crippen LogP contribution in [0, 0.1) is 29.1 Å². The lowest BCUT2D eigenvalue weighted by molar-refractivity contribution is -0.145. The number of Topliss-reactive ketones (excluding diaryl/α,β-unsaturated/α-hetero) is 1. The molecule has 4 saturated carbocycles. The number of carbonyl (C=O) groups excluding carboxylic acids is 2. The molecule has 0 N–H and O–H groups in total. The maximum Gasteiger partial charge on any atom is 0.258 e. The minimum atomic E-state index is 0.0200. The normalized spacial score (nSPS) is 33.8. The summed E-state index contributed by atoms with van der Waals surface area (Å²) >= 11 is 0. The van der Waals surface area contributed by atoms with Crippen LogP contribution in [0.5, 0.6) is 0 Å². The number of fused-ring (bicyclic) bond motifs is 1. The van der Waals surface area contributed by atoms with Crippen molar-refractivity contribution in [3.63, 3.8) is 0 Å². The highest BCUT2D eigenvalue weighted by Crippen LogP contribution is 2.60. The van der Waals surface area contributed by atoms with E-state index in [1.807, 2.05) is 12.1 Å². The fraction of sp³-hybridized carbons (Fsp3) is 0.636. The lowest BCUT2D eigenvalue weighted by atomic mass is 9.48. The average Bonchev–Trinajstić information content (AvgIpc) is 2.90. The van der Waals surface area contributed by atoms with Crippen molar-refractivity contribution in [2.45, 2.75) is 77.0 Å². The third-order valence-corrected chi connectivity index (χ3v) is 10.9. The van der Waals surface area contributed by atoms with E-state index in [0.29, 0.717) is 18.2 Å². The largest absolute Gasteiger partial charge is 0.308 e. The van der Waals surface area contributed by atoms with Crippen molar-refractivity contribution in [2.75, 3.05) is 26.2 Å². The van der Waals surface area contributed by atoms with E-state index in [9.17, 15) is 9.59 Å². The molecule has 5 fully saturated rings. The highest BCUT2D eigenvalue weighted by atomic mass is 16.2. The van der Waals surface area contributed by atoms with Crippen LogP contribution in [0.15, 0.2) is 47.7 Å². The Bertz CT molecular complexity index is 1100. The minimum Gasteiger partial charge on any atom is -0.308 e. The Morgan fingerprint density at radius 2 is 1.62 bits per heavy atom. The molecular weight excluding hydrogens is 456 g/mol. The van der Waals surface area contributed by atoms with Crippen molar-refractivity contribution in [2.24, 2.45) is 29.1 Å². The second kappa shape index (κ2) is 9.52. The number of likely N-dealkylation sites (tertiary alicyclic amines) is 1. The number of hydrogen-bond donors (Lipinski definition) is 0. The van der Waals surface area contributed by atoms with Gasteiger partial charge in [0.2, 0.25) is 0 Å². The number of benzene rings is 1. The molecule has 4 nitrogen and oxygen atoms in total. The smallest absolute Gasteiger partial charge is 0.258 e. The minimum absolute atomic E-state index is 0.0200. The molecule has 2 aliphatic heterocycles. The molecule has 1 saturated heterocycles. The summed E-state index contributed by atoms with van der Waals surface area (Å²) in [5, 5.41) is 0. The van der Waals surface area contributed by atoms with Crippen LogP contribution in [0.1, 0.15) is 86.6 Å². The first-order chi connectivity index (χ1) is 18.1. The summed E-state index contributed by atoms with van der Waals surface area (Å²) in [4.78, 5) is 32.0. The standard InChI is InChI=1S/C33H42N2O2/c36-31(33-18-24-15-25(19-33)17-26(16-24)20-33)22-34-13-11-23(12-14-34)21-35-30-8-4-2-6-28(30)10-9-27-5-1-3-7-29(27)32(35)37/h1,3-5,7-8,23-26H,2,6,9-22H2. The monoisotopic (exact) mass is 498 g/mol. The SMILES string of the molecule is O=C1c2ccccc2CCC2=C(C=CCC2)N1CC1CCN(CC(=O)C23CC4CC(CC(C4)C2)C3)CC1. The average molecular weight is 499 g/mol. The number of carbonyl (C=O) groups is 2. The molecule has 0 spiro atoms. The predicted molar refractivity (Wildman–Crippen MR) is 146 cm³/mol. The first-order valence-corrected chi connectivity index (χ1v) is 15.1. The molecule has 2 heterocycles. The molecule has 1 aromatic carbocycles. The molecule has 37 heavy (non-hydrogen) atoms. The molecule has 0 radical (unpaired) electrons. The molecule has 5 aliphatic carbocycles. The summed E-state index contributed by atoms with van der Waals surface area (Å²) in [5.41, 5.74) is 4.71. The quantitative estimate of drug-likeness (QED) is 0.487. The third kappa shape index (κ3) is 4.43. The van der Waals surface area contributed by atoms with E-state index in [4.69, 9.17) is 0 Å². The highest BCUT2D eigenvalue weighted by molar-refractivity contribution is 5.97. The summed E-state index contributed by atoms with van der Waals surface area (Å²) < 4.78 is 0. The second-order valence-electron chi connectivity index (χ2n) is 13.3. The van der Waals surface area contributed by atoms with Gasteiger partial charge in [-0.05, 0) is 137 Å². The van der Waals surface area contributed by atoms with E-state index in [0.717, 1.165) is 81.5 Å². The second-order valence-corrected chi connectivity index (χ2v) is 13.3. The molecule has 4 heteroatoms. The first-order valence-electron chi connectivity index (χ1n) is 15.1. The van der Waals surface area contributed by atoms with Gasteiger partial charge in [-0.15, -0.1) is 0 Å². The summed E-state index contributed by atoms with van der Waals surface area (Å²) in [7, 11) is 0. The number of hydrogen-bond acceptors (Lipinski definition) is 3. The van der Waals surface area contributed by atoms with Crippen molar-refractivity contribution >= 4 is 11.7 Å². The van der Waals surface area contributed by atoms with E-state index in [1.54, 1.807) is 0 Å². The van der Waals surface area contributed by atoms with Gasteiger partial charge < -0.3 is 4.90 Å². The topological polar surface area (TPSA) is 40.6 Å². The van der Waals surface area contributed by atoms with Gasteiger partial charge in [-0.1, -0.05) is 24.3 Å². The van der Waals surface area contributed by atoms with Gasteiger partial charge in [0.1, 0.15) is 0 Å². The molecule has 0 aromatic heterocycles. The maximum absolute atomic E-state index is 13.8. The Morgan fingerprint density at radius 1 is 0.919 bits per heavy atom. The summed E-state index contributed by atoms with van der Waals surface area (Å²) in [6.07, 6.45) is 18.5. The van der Waals surface area contributed by atoms with Crippen LogP contribution in [0.4, 0.5) is 0 Å². The number of amides is 1. The Kier molecular flexibility index (Phi) is 6.15. The lowest BCUT2D eigenvalue weighted by Crippen LogP contribution is -2.53. The number of ketones is 1. The van der Waals surface area contributed by atoms with Gasteiger partial charge in [-0.3, -0.25) is 14.5 Å². The Hall–Kier alpha value is -2.20. The number of allylic oxidation sites excluding steroid dienone is 3. The molecule has 8 rings (SSSR count). The van der Waals surface area contributed by atoms with Crippen molar-refractivity contribution < 1.29 is 9.59 Å². The first kappa shape index (κ1) is 23.9. The molecule has 0 unspecified atom stereocenters. The number of rotatable bonds is 5. The summed E-state index contributed by atoms with van der Waals surface area (Å²) in [6, 6.07) is 8.22. The van der Waals surface area contributed by atoms with Gasteiger partial charge in [0.25, 0.3) is 5.91 Å². The van der Waals surface area contributed by atoms with E-state index in [-0.39, 0.29) is 11.3 Å². The van der Waals surface area contributed by atoms with E-state index >= 15 is 0 Å². The Labute approximate surface area is 222 Å². The molecule has 7 aliphatic rings. The molecule has 196 valence electrons. The molecular formula is C33H42N2O2. The van der Waals surface area contributed by atoms with Crippen LogP contribution in [0.2, 0.25) is 0 Å². The van der Waals surface area contributed by atoms with Crippen LogP contribution in [-0.4, -0.2) is 47.7 Å². The zero-order valence-electron chi connectivity index (χ0n) is 22.3. The van der Waals surface area contributed by atoms with Crippen LogP contribution >= 0.6 is 0 Å². The van der Waals surface area contributed by atoms with Gasteiger partial charge in [0.05, 0.1) is 6.54 Å². The Balaban J connectivity index is 1.02. The van der Waals surface area contributed by atoms with Crippen LogP contribution < -0.4 is 0 Å². The van der Waals surface area contributed by atoms with Gasteiger partial charge in [-0.25, -0.2) is 0 Å². The summed E-state index contributed by atoms with van der Waals surface area (Å²) in [5.74, 6) is 3.71. The van der Waals surface area contributed by atoms with Crippen molar-refractivity contribution in [3.8, 4) is 0 Å². The number of nitrogens with zero attached hydrogens (tertiary/aromatic N) is 2. The van der Waals surface area contributed by atoms with Gasteiger partial charge in [0, 0.05) is 23.2 Å². The fourth-order valence-electron chi connectivity index (χ4n) is 9.31. The molecule has 0 atom stereocenters. The number of aryl methyl sites for hydroxylation is 1. The van der Waals surface area contributed by atoms with Crippen LogP contribution in [0.3, 0.4) is 0 Å². The molecule has 1 amide bonds. The fourth-order valence-corrected chi connectivity index (χ4v) is 9.31. The molecule has 1 aromatic rings. The van der Waals surface area contributed by atoms with Crippen LogP contribution in [0.25, 0.3) is 0 Å². The lowest BCUT2D eigenvalue weighted by Gasteiger charge is -2.56. The Morgan fingerprint density at radius 3 is 2.35 bits per heavy atom. The van der Waals surface area contributed by atoms with Crippen molar-refractivity contribution in [3.05, 3.63) is 58.8 Å². The predicted octanol–water partition coefficient (Wildman–Crippen LogP) is 6.18. The third-order valence-electron chi connectivity index (χ3n) is 10.9. The van der Waals surface area contributed by atoms with Crippen molar-refractivity contribution in [1.82, 2.24) is 9.80 Å². The van der Waals surface area contributed by atoms with Gasteiger partial charge in [0.15, 0.2) is 5.78 Å². The van der Waals surface area contributed by atoms with Gasteiger partial charge >= 0.3 is 0 Å². The molecule has 4 bridgehead atoms. The number of piperidine rings is 1. The van der Waals surface area contributed by atoms with E-state index in [1.165, 1.54) is 55.4 Å². The zero-order valence-corrected chi connectivity index (χ0v) is 22.3. The highest BCUT2D eigenvalue weighted by Gasteiger charge is 2.54. The van der Waals surface area contributed by atoms with Gasteiger partial charge in [-0.2, -0.15) is 0 Å². The maximum atomic E-state index is 13.8. The van der Waals surface area contributed by atoms with Crippen molar-refractivity contribution in [1.29, 1.82) is 0 Å². The summed E-state index contributed by atoms with van der Waals surface area (Å²) in [6.45, 7) is 3.44. The van der Waals surface area contributed by atoms with E-state index < -0.39 is 0 Å². The van der Waals surface area contributed by atoms with Crippen LogP contribution in [-0.2, 0) is 11.2 Å². The van der Waals surface area contributed by atoms with E-state index in [2.05, 4.69) is 34.1 Å². The zero-order chi connectivity index (χ0) is 25.0.